The fourth-order valence-electron chi connectivity index (χ4n) is 1.79. The van der Waals surface area contributed by atoms with Crippen LogP contribution >= 0.6 is 0 Å². The summed E-state index contributed by atoms with van der Waals surface area (Å²) in [6.45, 7) is 2.25. The smallest absolute Gasteiger partial charge is 0.387 e. The zero-order valence-electron chi connectivity index (χ0n) is 13.0. The summed E-state index contributed by atoms with van der Waals surface area (Å²) in [6, 6.07) is 5.68. The Balaban J connectivity index is 2.81. The fraction of sp³-hybridized carbons (Fsp3) is 0.467. The molecule has 0 saturated carbocycles. The number of carbonyl (C=O) groups is 2. The molecule has 1 rings (SSSR count). The van der Waals surface area contributed by atoms with Gasteiger partial charge in [-0.25, -0.2) is 0 Å². The number of halogens is 2. The van der Waals surface area contributed by atoms with Gasteiger partial charge in [-0.3, -0.25) is 9.59 Å². The minimum atomic E-state index is -3.02. The first-order valence-electron chi connectivity index (χ1n) is 6.70. The number of alkyl halides is 2. The van der Waals surface area contributed by atoms with Crippen molar-refractivity contribution in [2.45, 2.75) is 32.9 Å². The highest BCUT2D eigenvalue weighted by Crippen LogP contribution is 2.21. The van der Waals surface area contributed by atoms with Gasteiger partial charge >= 0.3 is 6.61 Å². The van der Waals surface area contributed by atoms with E-state index < -0.39 is 18.1 Å². The van der Waals surface area contributed by atoms with E-state index in [4.69, 9.17) is 0 Å². The minimum absolute atomic E-state index is 0.0196. The van der Waals surface area contributed by atoms with Gasteiger partial charge in [0.25, 0.3) is 5.91 Å². The molecule has 0 aliphatic rings. The first kappa shape index (κ1) is 17.9. The van der Waals surface area contributed by atoms with Crippen molar-refractivity contribution in [1.82, 2.24) is 10.2 Å². The van der Waals surface area contributed by atoms with Crippen molar-refractivity contribution in [1.29, 1.82) is 0 Å². The van der Waals surface area contributed by atoms with E-state index in [1.165, 1.54) is 31.3 Å². The largest absolute Gasteiger partial charge is 0.434 e. The third-order valence-corrected chi connectivity index (χ3v) is 2.58. The zero-order valence-corrected chi connectivity index (χ0v) is 13.0. The Bertz CT molecular complexity index is 542. The molecule has 1 aromatic rings. The van der Waals surface area contributed by atoms with Gasteiger partial charge in [0.2, 0.25) is 5.91 Å². The van der Waals surface area contributed by atoms with Crippen molar-refractivity contribution >= 4 is 11.8 Å². The summed E-state index contributed by atoms with van der Waals surface area (Å²) < 4.78 is 29.0. The van der Waals surface area contributed by atoms with Crippen LogP contribution in [0.3, 0.4) is 0 Å². The Labute approximate surface area is 128 Å². The summed E-state index contributed by atoms with van der Waals surface area (Å²) in [5.41, 5.74) is -0.439. The molecule has 122 valence electrons. The number of carbonyl (C=O) groups excluding carboxylic acids is 2. The normalized spacial score (nSPS) is 11.2. The molecule has 22 heavy (non-hydrogen) atoms. The van der Waals surface area contributed by atoms with Gasteiger partial charge in [-0.2, -0.15) is 8.78 Å². The second kappa shape index (κ2) is 7.20. The third-order valence-electron chi connectivity index (χ3n) is 2.58. The van der Waals surface area contributed by atoms with Crippen LogP contribution in [0.2, 0.25) is 0 Å². The number of hydrogen-bond acceptors (Lipinski definition) is 3. The van der Waals surface area contributed by atoms with Crippen LogP contribution < -0.4 is 10.1 Å². The average molecular weight is 314 g/mol. The number of nitrogens with zero attached hydrogens (tertiary/aromatic N) is 1. The summed E-state index contributed by atoms with van der Waals surface area (Å²) in [5.74, 6) is -1.12. The Morgan fingerprint density at radius 3 is 2.41 bits per heavy atom. The lowest BCUT2D eigenvalue weighted by atomic mass is 10.1. The van der Waals surface area contributed by atoms with Crippen LogP contribution in [0.4, 0.5) is 8.78 Å². The number of amides is 2. The molecule has 0 saturated heterocycles. The summed E-state index contributed by atoms with van der Waals surface area (Å²) in [6.07, 6.45) is 0. The van der Waals surface area contributed by atoms with E-state index in [2.05, 4.69) is 10.1 Å². The minimum Gasteiger partial charge on any atom is -0.434 e. The average Bonchev–Trinajstić information content (AvgIpc) is 2.35. The van der Waals surface area contributed by atoms with Gasteiger partial charge in [0.1, 0.15) is 5.75 Å². The van der Waals surface area contributed by atoms with Gasteiger partial charge in [0.05, 0.1) is 12.1 Å². The number of nitrogens with one attached hydrogen (secondary N) is 1. The molecular weight excluding hydrogens is 294 g/mol. The maximum Gasteiger partial charge on any atom is 0.387 e. The monoisotopic (exact) mass is 314 g/mol. The zero-order chi connectivity index (χ0) is 16.9. The summed E-state index contributed by atoms with van der Waals surface area (Å²) in [4.78, 5) is 25.2. The highest BCUT2D eigenvalue weighted by atomic mass is 19.3. The van der Waals surface area contributed by atoms with Crippen LogP contribution in [-0.2, 0) is 4.79 Å². The number of benzene rings is 1. The van der Waals surface area contributed by atoms with Gasteiger partial charge < -0.3 is 15.0 Å². The van der Waals surface area contributed by atoms with Crippen molar-refractivity contribution in [3.8, 4) is 5.75 Å². The fourth-order valence-corrected chi connectivity index (χ4v) is 1.79. The molecule has 0 fully saturated rings. The van der Waals surface area contributed by atoms with Crippen LogP contribution in [0, 0.1) is 0 Å². The van der Waals surface area contributed by atoms with E-state index in [0.717, 1.165) is 4.90 Å². The van der Waals surface area contributed by atoms with Crippen molar-refractivity contribution < 1.29 is 23.1 Å². The van der Waals surface area contributed by atoms with E-state index in [1.807, 2.05) is 20.8 Å². The number of rotatable bonds is 5. The maximum atomic E-state index is 12.3. The molecule has 0 aliphatic carbocycles. The number of likely N-dealkylation sites (N-methyl/N-ethyl adjacent to an activating group) is 1. The van der Waals surface area contributed by atoms with Crippen LogP contribution in [0.1, 0.15) is 31.1 Å². The lowest BCUT2D eigenvalue weighted by Gasteiger charge is -2.23. The van der Waals surface area contributed by atoms with Crippen molar-refractivity contribution in [2.75, 3.05) is 13.6 Å². The Hall–Kier alpha value is -2.18. The highest BCUT2D eigenvalue weighted by Gasteiger charge is 2.21. The Kier molecular flexibility index (Phi) is 5.84. The van der Waals surface area contributed by atoms with Gasteiger partial charge in [-0.1, -0.05) is 12.1 Å². The van der Waals surface area contributed by atoms with Crippen LogP contribution in [0.15, 0.2) is 24.3 Å². The van der Waals surface area contributed by atoms with E-state index in [-0.39, 0.29) is 23.8 Å². The topological polar surface area (TPSA) is 58.6 Å². The molecule has 1 aromatic carbocycles. The predicted octanol–water partition coefficient (Wildman–Crippen LogP) is 2.27. The SMILES string of the molecule is CN(CC(=O)NC(C)(C)C)C(=O)c1ccccc1OC(F)F. The van der Waals surface area contributed by atoms with Crippen molar-refractivity contribution in [3.05, 3.63) is 29.8 Å². The third kappa shape index (κ3) is 5.67. The first-order valence-corrected chi connectivity index (χ1v) is 6.70. The molecule has 0 spiro atoms. The van der Waals surface area contributed by atoms with E-state index in [1.54, 1.807) is 0 Å². The quantitative estimate of drug-likeness (QED) is 0.907. The molecule has 0 unspecified atom stereocenters. The number of para-hydroxylation sites is 1. The predicted molar refractivity (Wildman–Crippen MR) is 77.9 cm³/mol. The molecular formula is C15H20F2N2O3. The van der Waals surface area contributed by atoms with Crippen LogP contribution in [-0.4, -0.2) is 42.5 Å². The lowest BCUT2D eigenvalue weighted by molar-refractivity contribution is -0.123. The second-order valence-electron chi connectivity index (χ2n) is 5.83. The summed E-state index contributed by atoms with van der Waals surface area (Å²) >= 11 is 0. The van der Waals surface area contributed by atoms with Gasteiger partial charge in [-0.05, 0) is 32.9 Å². The van der Waals surface area contributed by atoms with Crippen LogP contribution in [0.5, 0.6) is 5.75 Å². The second-order valence-corrected chi connectivity index (χ2v) is 5.83. The van der Waals surface area contributed by atoms with E-state index in [0.29, 0.717) is 0 Å². The molecule has 0 heterocycles. The molecule has 7 heteroatoms. The molecule has 0 aromatic heterocycles. The van der Waals surface area contributed by atoms with Gasteiger partial charge in [0, 0.05) is 12.6 Å². The molecule has 2 amide bonds. The summed E-state index contributed by atoms with van der Waals surface area (Å²) in [7, 11) is 1.42. The molecule has 0 bridgehead atoms. The number of hydrogen-bond donors (Lipinski definition) is 1. The van der Waals surface area contributed by atoms with Crippen molar-refractivity contribution in [3.63, 3.8) is 0 Å². The maximum absolute atomic E-state index is 12.3. The Morgan fingerprint density at radius 1 is 1.27 bits per heavy atom. The Morgan fingerprint density at radius 2 is 1.86 bits per heavy atom. The van der Waals surface area contributed by atoms with E-state index in [9.17, 15) is 18.4 Å². The molecule has 5 nitrogen and oxygen atoms in total. The standard InChI is InChI=1S/C15H20F2N2O3/c1-15(2,3)18-12(20)9-19(4)13(21)10-7-5-6-8-11(10)22-14(16)17/h5-8,14H,9H2,1-4H3,(H,18,20). The molecule has 1 N–H and O–H groups in total. The molecule has 0 atom stereocenters. The van der Waals surface area contributed by atoms with Gasteiger partial charge in [0.15, 0.2) is 0 Å². The van der Waals surface area contributed by atoms with Crippen LogP contribution in [0.25, 0.3) is 0 Å². The van der Waals surface area contributed by atoms with Gasteiger partial charge in [-0.15, -0.1) is 0 Å². The molecule has 0 radical (unpaired) electrons. The number of ether oxygens (including phenoxy) is 1. The first-order chi connectivity index (χ1) is 10.1. The lowest BCUT2D eigenvalue weighted by Crippen LogP contribution is -2.46. The molecule has 0 aliphatic heterocycles. The van der Waals surface area contributed by atoms with Crippen molar-refractivity contribution in [2.24, 2.45) is 0 Å². The highest BCUT2D eigenvalue weighted by molar-refractivity contribution is 5.98. The summed E-state index contributed by atoms with van der Waals surface area (Å²) in [5, 5.41) is 2.72. The van der Waals surface area contributed by atoms with E-state index >= 15 is 0 Å².